The molecule has 0 radical (unpaired) electrons. The van der Waals surface area contributed by atoms with E-state index in [1.54, 1.807) is 78.6 Å². The van der Waals surface area contributed by atoms with Crippen molar-refractivity contribution in [2.75, 3.05) is 73.8 Å². The first-order valence-corrected chi connectivity index (χ1v) is 25.8. The van der Waals surface area contributed by atoms with Crippen molar-refractivity contribution in [3.63, 3.8) is 0 Å². The van der Waals surface area contributed by atoms with E-state index in [4.69, 9.17) is 50.5 Å². The van der Waals surface area contributed by atoms with Crippen molar-refractivity contribution in [3.05, 3.63) is 69.3 Å². The van der Waals surface area contributed by atoms with Crippen molar-refractivity contribution in [3.8, 4) is 0 Å². The van der Waals surface area contributed by atoms with Gasteiger partial charge in [0.15, 0.2) is 0 Å². The van der Waals surface area contributed by atoms with Crippen LogP contribution in [-0.4, -0.2) is 120 Å². The molecule has 11 N–H and O–H groups in total. The molecular formula is C33H60ClN15O8S6. The number of aliphatic carboxylic acids is 1. The van der Waals surface area contributed by atoms with Gasteiger partial charge in [0.2, 0.25) is 34.8 Å². The molecule has 5 amide bonds. The molecule has 0 saturated heterocycles. The zero-order chi connectivity index (χ0) is 49.9. The Morgan fingerprint density at radius 2 is 0.952 bits per heavy atom. The van der Waals surface area contributed by atoms with Crippen LogP contribution in [0, 0.1) is 23.7 Å². The van der Waals surface area contributed by atoms with Crippen molar-refractivity contribution in [1.82, 2.24) is 10.6 Å². The van der Waals surface area contributed by atoms with Gasteiger partial charge in [-0.1, -0.05) is 128 Å². The molecule has 358 valence electrons. The largest absolute Gasteiger partial charge is 0.481 e. The normalized spacial score (nSPS) is 10.9. The van der Waals surface area contributed by atoms with Crippen molar-refractivity contribution < 1.29 is 38.7 Å². The fraction of sp³-hybridized carbons (Fsp3) is 0.606. The number of carboxylic acids is 1. The van der Waals surface area contributed by atoms with Crippen LogP contribution < -0.4 is 33.6 Å². The topological polar surface area (TPSA) is 414 Å². The van der Waals surface area contributed by atoms with E-state index in [9.17, 15) is 33.6 Å². The van der Waals surface area contributed by atoms with Gasteiger partial charge in [-0.25, -0.2) is 0 Å². The van der Waals surface area contributed by atoms with E-state index < -0.39 is 52.6 Å². The lowest BCUT2D eigenvalue weighted by atomic mass is 9.95. The number of rotatable bonds is 29. The molecular weight excluding hydrogens is 962 g/mol. The lowest BCUT2D eigenvalue weighted by Gasteiger charge is -2.16. The summed E-state index contributed by atoms with van der Waals surface area (Å²) in [5.41, 5.74) is 43.7. The molecule has 30 heteroatoms. The van der Waals surface area contributed by atoms with E-state index in [-0.39, 0.29) is 11.8 Å². The molecule has 0 spiro atoms. The molecule has 0 rings (SSSR count). The minimum Gasteiger partial charge on any atom is -0.481 e. The summed E-state index contributed by atoms with van der Waals surface area (Å²) in [4.78, 5) is 80.8. The molecule has 0 aliphatic carbocycles. The smallest absolute Gasteiger partial charge is 0.307 e. The second-order valence-corrected chi connectivity index (χ2v) is 19.3. The fourth-order valence-electron chi connectivity index (χ4n) is 2.37. The number of allylic oxidation sites excluding steroid dienone is 1. The summed E-state index contributed by atoms with van der Waals surface area (Å²) in [6.45, 7) is 19.2. The summed E-state index contributed by atoms with van der Waals surface area (Å²) in [5.74, 6) is -0.0453. The summed E-state index contributed by atoms with van der Waals surface area (Å²) < 4.78 is 0. The first-order chi connectivity index (χ1) is 29.7. The molecule has 0 aliphatic heterocycles. The van der Waals surface area contributed by atoms with E-state index in [0.29, 0.717) is 39.3 Å². The molecule has 0 aliphatic rings. The SMILES string of the molecule is C=CC(=O)Cl.C=CC(=O)NCCSSCCN=[N+]=[N-].C=CC(N)=O.CC(C(N)=O)C(C)C(=O)NCCSSCCN=[N+]=[N-].CC(C(N)=O)C(C)C(=O)O.[N-]=[N+]=NCCSSCCN. The molecule has 0 heterocycles. The maximum Gasteiger partial charge on any atom is 0.307 e. The molecule has 0 aromatic heterocycles. The van der Waals surface area contributed by atoms with Gasteiger partial charge in [-0.05, 0) is 46.4 Å². The van der Waals surface area contributed by atoms with E-state index in [1.165, 1.54) is 19.9 Å². The number of nitrogens with zero attached hydrogens (tertiary/aromatic N) is 9. The van der Waals surface area contributed by atoms with Gasteiger partial charge in [0.1, 0.15) is 0 Å². The second-order valence-electron chi connectivity index (χ2n) is 10.8. The molecule has 0 fully saturated rings. The van der Waals surface area contributed by atoms with Crippen LogP contribution in [0.2, 0.25) is 0 Å². The molecule has 0 saturated carbocycles. The van der Waals surface area contributed by atoms with Crippen LogP contribution >= 0.6 is 76.4 Å². The number of primary amides is 3. The van der Waals surface area contributed by atoms with Crippen LogP contribution in [0.4, 0.5) is 0 Å². The van der Waals surface area contributed by atoms with Gasteiger partial charge >= 0.3 is 5.97 Å². The number of carboxylic acid groups (broad SMARTS) is 1. The number of azide groups is 3. The van der Waals surface area contributed by atoms with E-state index in [2.05, 4.69) is 66.2 Å². The predicted octanol–water partition coefficient (Wildman–Crippen LogP) is 5.59. The number of carbonyl (C=O) groups excluding carboxylic acids is 6. The highest BCUT2D eigenvalue weighted by molar-refractivity contribution is 8.77. The highest BCUT2D eigenvalue weighted by atomic mass is 35.5. The monoisotopic (exact) mass is 1020 g/mol. The van der Waals surface area contributed by atoms with Gasteiger partial charge in [0, 0.05) is 106 Å². The Bertz CT molecular complexity index is 1450. The minimum atomic E-state index is -0.994. The third-order valence-electron chi connectivity index (χ3n) is 6.18. The number of carbonyl (C=O) groups is 7. The lowest BCUT2D eigenvalue weighted by Crippen LogP contribution is -2.38. The van der Waals surface area contributed by atoms with Crippen molar-refractivity contribution >= 4 is 117 Å². The van der Waals surface area contributed by atoms with Crippen LogP contribution in [-0.2, 0) is 33.6 Å². The standard InChI is InChI=1S/C10H19N5O2S2.C7H12N4OS2.C6H11NO3.C4H10N4S2.C3H3ClO.C3H5NO/c1-7(9(11)16)8(2)10(17)13-3-5-18-19-6-4-14-15-12;1-2-7(12)9-3-5-13-14-6-4-10-11-8;1-3(5(7)8)4(2)6(9)10;5-1-3-9-10-4-2-7-8-6;2*1-2-3(4)5/h7-8H,3-6H2,1-2H3,(H2,11,16)(H,13,17);2H,1,3-6H2,(H,9,12);3-4H,1-2H3,(H2,7,8)(H,9,10);1-5H2;2H,1H2;2H,1H2,(H2,4,5). The third-order valence-corrected chi connectivity index (χ3v) is 13.5. The van der Waals surface area contributed by atoms with Gasteiger partial charge in [-0.3, -0.25) is 33.6 Å². The fourth-order valence-corrected chi connectivity index (χ4v) is 7.59. The first-order valence-electron chi connectivity index (χ1n) is 17.9. The van der Waals surface area contributed by atoms with Crippen molar-refractivity contribution in [1.29, 1.82) is 0 Å². The first kappa shape index (κ1) is 70.6. The number of nitrogens with two attached hydrogens (primary N) is 4. The maximum atomic E-state index is 11.7. The Kier molecular flexibility index (Phi) is 62.8. The molecule has 23 nitrogen and oxygen atoms in total. The number of nitrogens with one attached hydrogen (secondary N) is 2. The molecule has 0 aromatic rings. The van der Waals surface area contributed by atoms with Crippen LogP contribution in [0.15, 0.2) is 53.3 Å². The summed E-state index contributed by atoms with van der Waals surface area (Å²) in [6, 6.07) is 0. The van der Waals surface area contributed by atoms with Gasteiger partial charge in [-0.2, -0.15) is 0 Å². The minimum absolute atomic E-state index is 0.148. The third kappa shape index (κ3) is 64.7. The maximum absolute atomic E-state index is 11.7. The van der Waals surface area contributed by atoms with E-state index in [0.717, 1.165) is 46.7 Å². The zero-order valence-corrected chi connectivity index (χ0v) is 41.3. The molecule has 0 bridgehead atoms. The van der Waals surface area contributed by atoms with Crippen LogP contribution in [0.5, 0.6) is 0 Å². The summed E-state index contributed by atoms with van der Waals surface area (Å²) >= 11 is 4.71. The Morgan fingerprint density at radius 1 is 0.619 bits per heavy atom. The number of amides is 5. The predicted molar refractivity (Wildman–Crippen MR) is 265 cm³/mol. The van der Waals surface area contributed by atoms with Crippen LogP contribution in [0.1, 0.15) is 27.7 Å². The Morgan fingerprint density at radius 3 is 1.22 bits per heavy atom. The molecule has 4 unspecified atom stereocenters. The number of hydrogen-bond acceptors (Lipinski definition) is 17. The Hall–Kier alpha value is -4.01. The Labute approximate surface area is 396 Å². The summed E-state index contributed by atoms with van der Waals surface area (Å²) in [7, 11) is 9.86. The average molecular weight is 1020 g/mol. The number of hydrogen-bond donors (Lipinski definition) is 7. The highest BCUT2D eigenvalue weighted by Crippen LogP contribution is 2.21. The van der Waals surface area contributed by atoms with Gasteiger partial charge < -0.3 is 38.7 Å². The van der Waals surface area contributed by atoms with E-state index >= 15 is 0 Å². The molecule has 0 aromatic carbocycles. The van der Waals surface area contributed by atoms with Crippen molar-refractivity contribution in [2.24, 2.45) is 61.9 Å². The molecule has 4 atom stereocenters. The Balaban J connectivity index is -0.000000164. The summed E-state index contributed by atoms with van der Waals surface area (Å²) in [6.07, 6.45) is 3.35. The van der Waals surface area contributed by atoms with Gasteiger partial charge in [0.05, 0.1) is 5.92 Å². The van der Waals surface area contributed by atoms with Crippen molar-refractivity contribution in [2.45, 2.75) is 27.7 Å². The second kappa shape index (κ2) is 56.0. The number of halogens is 1. The van der Waals surface area contributed by atoms with Gasteiger partial charge in [-0.15, -0.1) is 0 Å². The van der Waals surface area contributed by atoms with Crippen LogP contribution in [0.25, 0.3) is 31.3 Å². The zero-order valence-electron chi connectivity index (χ0n) is 35.6. The quantitative estimate of drug-likeness (QED) is 0.00913. The average Bonchev–Trinajstić information content (AvgIpc) is 3.26. The van der Waals surface area contributed by atoms with Crippen LogP contribution in [0.3, 0.4) is 0 Å². The van der Waals surface area contributed by atoms with E-state index in [1.807, 2.05) is 0 Å². The highest BCUT2D eigenvalue weighted by Gasteiger charge is 2.24. The van der Waals surface area contributed by atoms with Gasteiger partial charge in [0.25, 0.3) is 0 Å². The lowest BCUT2D eigenvalue weighted by molar-refractivity contribution is -0.145. The molecule has 63 heavy (non-hydrogen) atoms. The summed E-state index contributed by atoms with van der Waals surface area (Å²) in [5, 5.41) is 23.5.